The number of aryl methyl sites for hydroxylation is 1. The van der Waals surface area contributed by atoms with E-state index in [1.165, 1.54) is 12.6 Å². The topological polar surface area (TPSA) is 143 Å². The second kappa shape index (κ2) is 8.47. The van der Waals surface area contributed by atoms with Crippen molar-refractivity contribution in [2.45, 2.75) is 25.7 Å². The van der Waals surface area contributed by atoms with Crippen molar-refractivity contribution in [3.05, 3.63) is 42.0 Å². The van der Waals surface area contributed by atoms with Gasteiger partial charge < -0.3 is 15.0 Å². The lowest BCUT2D eigenvalue weighted by molar-refractivity contribution is -0.125. The molecule has 33 heavy (non-hydrogen) atoms. The summed E-state index contributed by atoms with van der Waals surface area (Å²) < 4.78 is 28.7. The highest BCUT2D eigenvalue weighted by Gasteiger charge is 2.29. The molecule has 0 radical (unpaired) electrons. The van der Waals surface area contributed by atoms with Gasteiger partial charge >= 0.3 is 0 Å². The maximum atomic E-state index is 12.7. The molecular formula is C22H24N6O4S. The Labute approximate surface area is 190 Å². The Balaban J connectivity index is 1.36. The van der Waals surface area contributed by atoms with E-state index in [1.807, 2.05) is 18.2 Å². The van der Waals surface area contributed by atoms with Crippen molar-refractivity contribution in [3.8, 4) is 11.6 Å². The molecule has 0 spiro atoms. The maximum Gasteiger partial charge on any atom is 0.232 e. The van der Waals surface area contributed by atoms with E-state index in [4.69, 9.17) is 4.74 Å². The highest BCUT2D eigenvalue weighted by atomic mass is 32.2. The van der Waals surface area contributed by atoms with Crippen molar-refractivity contribution >= 4 is 37.7 Å². The van der Waals surface area contributed by atoms with Crippen LogP contribution in [0.25, 0.3) is 21.9 Å². The van der Waals surface area contributed by atoms with Crippen molar-refractivity contribution in [1.29, 1.82) is 0 Å². The van der Waals surface area contributed by atoms with Crippen LogP contribution in [0.4, 0.5) is 0 Å². The molecule has 10 nitrogen and oxygen atoms in total. The number of H-pyrrole nitrogens is 2. The lowest BCUT2D eigenvalue weighted by Gasteiger charge is -2.22. The van der Waals surface area contributed by atoms with Gasteiger partial charge in [0.15, 0.2) is 0 Å². The molecule has 5 rings (SSSR count). The Morgan fingerprint density at radius 2 is 2.18 bits per heavy atom. The van der Waals surface area contributed by atoms with Crippen LogP contribution in [0, 0.1) is 5.92 Å². The van der Waals surface area contributed by atoms with Gasteiger partial charge in [0.05, 0.1) is 22.9 Å². The molecule has 1 aromatic carbocycles. The van der Waals surface area contributed by atoms with Gasteiger partial charge in [-0.25, -0.2) is 18.4 Å². The zero-order valence-corrected chi connectivity index (χ0v) is 18.9. The predicted octanol–water partition coefficient (Wildman–Crippen LogP) is 2.28. The van der Waals surface area contributed by atoms with Gasteiger partial charge in [0.1, 0.15) is 27.6 Å². The van der Waals surface area contributed by atoms with Crippen molar-refractivity contribution in [3.63, 3.8) is 0 Å². The molecule has 1 aliphatic rings. The fourth-order valence-electron chi connectivity index (χ4n) is 4.30. The summed E-state index contributed by atoms with van der Waals surface area (Å²) in [6, 6.07) is 5.63. The smallest absolute Gasteiger partial charge is 0.232 e. The van der Waals surface area contributed by atoms with Crippen LogP contribution in [-0.4, -0.2) is 58.0 Å². The number of sulfone groups is 1. The van der Waals surface area contributed by atoms with Crippen molar-refractivity contribution in [1.82, 2.24) is 30.5 Å². The van der Waals surface area contributed by atoms with Crippen LogP contribution < -0.4 is 10.1 Å². The van der Waals surface area contributed by atoms with Crippen molar-refractivity contribution in [2.75, 3.05) is 18.6 Å². The second-order valence-electron chi connectivity index (χ2n) is 8.42. The molecule has 11 heteroatoms. The van der Waals surface area contributed by atoms with E-state index < -0.39 is 9.84 Å². The summed E-state index contributed by atoms with van der Waals surface area (Å²) >= 11 is 0. The molecule has 0 saturated heterocycles. The molecular weight excluding hydrogens is 444 g/mol. The zero-order valence-electron chi connectivity index (χ0n) is 18.1. The Bertz CT molecular complexity index is 1440. The summed E-state index contributed by atoms with van der Waals surface area (Å²) in [6.45, 7) is 0.344. The third-order valence-electron chi connectivity index (χ3n) is 5.93. The number of amides is 1. The monoisotopic (exact) mass is 468 g/mol. The summed E-state index contributed by atoms with van der Waals surface area (Å²) in [5.41, 5.74) is 3.64. The van der Waals surface area contributed by atoms with Crippen LogP contribution in [0.15, 0.2) is 30.7 Å². The Morgan fingerprint density at radius 1 is 1.30 bits per heavy atom. The normalized spacial score (nSPS) is 16.1. The number of rotatable bonds is 7. The highest BCUT2D eigenvalue weighted by molar-refractivity contribution is 7.90. The summed E-state index contributed by atoms with van der Waals surface area (Å²) in [5, 5.41) is 11.5. The van der Waals surface area contributed by atoms with Crippen LogP contribution >= 0.6 is 0 Å². The molecule has 3 heterocycles. The summed E-state index contributed by atoms with van der Waals surface area (Å²) in [4.78, 5) is 24.8. The van der Waals surface area contributed by atoms with Crippen molar-refractivity contribution in [2.24, 2.45) is 5.92 Å². The quantitative estimate of drug-likeness (QED) is 0.353. The van der Waals surface area contributed by atoms with Crippen LogP contribution in [0.3, 0.4) is 0 Å². The van der Waals surface area contributed by atoms with E-state index in [2.05, 4.69) is 30.5 Å². The molecule has 0 saturated carbocycles. The maximum absolute atomic E-state index is 12.7. The van der Waals surface area contributed by atoms with Crippen LogP contribution in [0.1, 0.15) is 24.1 Å². The number of carbonyl (C=O) groups excluding carboxylic acids is 1. The van der Waals surface area contributed by atoms with Gasteiger partial charge in [-0.2, -0.15) is 5.10 Å². The predicted molar refractivity (Wildman–Crippen MR) is 123 cm³/mol. The second-order valence-corrected chi connectivity index (χ2v) is 10.7. The fraction of sp³-hybridized carbons (Fsp3) is 0.364. The highest BCUT2D eigenvalue weighted by Crippen LogP contribution is 2.37. The van der Waals surface area contributed by atoms with Gasteiger partial charge in [-0.15, -0.1) is 0 Å². The Morgan fingerprint density at radius 3 is 3.03 bits per heavy atom. The largest absolute Gasteiger partial charge is 0.438 e. The van der Waals surface area contributed by atoms with E-state index in [9.17, 15) is 13.2 Å². The number of aromatic amines is 2. The molecule has 172 valence electrons. The Hall–Kier alpha value is -3.47. The van der Waals surface area contributed by atoms with Gasteiger partial charge in [-0.3, -0.25) is 9.89 Å². The zero-order chi connectivity index (χ0) is 23.0. The van der Waals surface area contributed by atoms with E-state index in [0.717, 1.165) is 27.5 Å². The number of aromatic nitrogens is 5. The first-order chi connectivity index (χ1) is 15.9. The number of carbonyl (C=O) groups is 1. The summed E-state index contributed by atoms with van der Waals surface area (Å²) in [7, 11) is -3.03. The first-order valence-corrected chi connectivity index (χ1v) is 12.8. The number of ether oxygens (including phenoxy) is 1. The lowest BCUT2D eigenvalue weighted by Crippen LogP contribution is -2.35. The Kier molecular flexibility index (Phi) is 5.49. The average Bonchev–Trinajstić information content (AvgIpc) is 3.39. The minimum absolute atomic E-state index is 0.0618. The molecule has 1 atom stereocenters. The molecule has 0 bridgehead atoms. The molecule has 0 unspecified atom stereocenters. The number of nitrogens with zero attached hydrogens (tertiary/aromatic N) is 3. The van der Waals surface area contributed by atoms with Crippen LogP contribution in [-0.2, 0) is 27.5 Å². The van der Waals surface area contributed by atoms with E-state index in [-0.39, 0.29) is 17.6 Å². The molecule has 1 aliphatic carbocycles. The molecule has 3 N–H and O–H groups in total. The fourth-order valence-corrected chi connectivity index (χ4v) is 4.97. The molecule has 0 fully saturated rings. The number of hydrogen-bond acceptors (Lipinski definition) is 7. The van der Waals surface area contributed by atoms with E-state index >= 15 is 0 Å². The van der Waals surface area contributed by atoms with Gasteiger partial charge in [0, 0.05) is 29.8 Å². The lowest BCUT2D eigenvalue weighted by atomic mass is 9.86. The van der Waals surface area contributed by atoms with Crippen LogP contribution in [0.5, 0.6) is 11.6 Å². The number of hydrogen-bond donors (Lipinski definition) is 3. The standard InChI is InChI=1S/C22H24N6O4S/c1-33(30,31)8-2-7-23-21(29)13-3-5-18-16(10-13)19-20(27-18)24-12-25-22(19)32-15-4-6-17-14(9-15)11-26-28-17/h4,6,9,11-13H,2-3,5,7-8,10H2,1H3,(H,23,29)(H,26,28)(H,24,25,27)/t13-/m0/s1. The minimum Gasteiger partial charge on any atom is -0.438 e. The summed E-state index contributed by atoms with van der Waals surface area (Å²) in [6.07, 6.45) is 6.76. The number of benzene rings is 1. The van der Waals surface area contributed by atoms with Gasteiger partial charge in [-0.05, 0) is 49.4 Å². The minimum atomic E-state index is -3.03. The third-order valence-corrected chi connectivity index (χ3v) is 6.96. The first kappa shape index (κ1) is 21.4. The molecule has 1 amide bonds. The summed E-state index contributed by atoms with van der Waals surface area (Å²) in [5.74, 6) is 0.871. The van der Waals surface area contributed by atoms with Crippen molar-refractivity contribution < 1.29 is 17.9 Å². The van der Waals surface area contributed by atoms with Crippen LogP contribution in [0.2, 0.25) is 0 Å². The van der Waals surface area contributed by atoms with Gasteiger partial charge in [-0.1, -0.05) is 0 Å². The van der Waals surface area contributed by atoms with E-state index in [0.29, 0.717) is 49.5 Å². The van der Waals surface area contributed by atoms with E-state index in [1.54, 1.807) is 6.20 Å². The SMILES string of the molecule is CS(=O)(=O)CCCNC(=O)[C@H]1CCc2[nH]c3ncnc(Oc4ccc5[nH]ncc5c4)c3c2C1. The van der Waals surface area contributed by atoms with Gasteiger partial charge in [0.2, 0.25) is 11.8 Å². The first-order valence-electron chi connectivity index (χ1n) is 10.8. The number of fused-ring (bicyclic) bond motifs is 4. The third kappa shape index (κ3) is 4.54. The molecule has 0 aliphatic heterocycles. The molecule has 4 aromatic rings. The molecule has 3 aromatic heterocycles. The average molecular weight is 469 g/mol. The van der Waals surface area contributed by atoms with Gasteiger partial charge in [0.25, 0.3) is 0 Å². The number of nitrogens with one attached hydrogen (secondary N) is 3.